The molecule has 6 nitrogen and oxygen atoms in total. The highest BCUT2D eigenvalue weighted by atomic mass is 32.1. The van der Waals surface area contributed by atoms with Crippen molar-refractivity contribution in [2.45, 2.75) is 26.8 Å². The summed E-state index contributed by atoms with van der Waals surface area (Å²) in [6, 6.07) is -0.556. The molecule has 1 rings (SSSR count). The number of thiocarbonyl (C=S) groups is 1. The van der Waals surface area contributed by atoms with Crippen LogP contribution in [0.2, 0.25) is 0 Å². The summed E-state index contributed by atoms with van der Waals surface area (Å²) in [5.74, 6) is -0.00702. The molecule has 0 amide bonds. The SMILES string of the molecule is COC(=O)C(C)Nc1nnc(C)c(C)c1C(N)=S. The Labute approximate surface area is 111 Å². The van der Waals surface area contributed by atoms with E-state index in [0.717, 1.165) is 11.3 Å². The van der Waals surface area contributed by atoms with Crippen molar-refractivity contribution in [1.29, 1.82) is 0 Å². The molecule has 1 heterocycles. The number of hydrogen-bond donors (Lipinski definition) is 2. The van der Waals surface area contributed by atoms with Crippen LogP contribution in [0.15, 0.2) is 0 Å². The molecule has 0 bridgehead atoms. The second-order valence-electron chi connectivity index (χ2n) is 3.89. The molecule has 0 aliphatic heterocycles. The lowest BCUT2D eigenvalue weighted by Gasteiger charge is -2.16. The molecule has 0 fully saturated rings. The van der Waals surface area contributed by atoms with Crippen molar-refractivity contribution >= 4 is 29.0 Å². The zero-order valence-electron chi connectivity index (χ0n) is 10.8. The lowest BCUT2D eigenvalue weighted by atomic mass is 10.1. The summed E-state index contributed by atoms with van der Waals surface area (Å²) in [5.41, 5.74) is 7.87. The van der Waals surface area contributed by atoms with Crippen molar-refractivity contribution in [2.24, 2.45) is 5.73 Å². The summed E-state index contributed by atoms with van der Waals surface area (Å²) in [7, 11) is 1.32. The Hall–Kier alpha value is -1.76. The molecule has 7 heteroatoms. The Kier molecular flexibility index (Phi) is 4.55. The lowest BCUT2D eigenvalue weighted by Crippen LogP contribution is -2.29. The number of methoxy groups -OCH3 is 1. The van der Waals surface area contributed by atoms with Crippen LogP contribution in [0.1, 0.15) is 23.7 Å². The largest absolute Gasteiger partial charge is 0.467 e. The van der Waals surface area contributed by atoms with Gasteiger partial charge in [-0.3, -0.25) is 0 Å². The Bertz CT molecular complexity index is 490. The van der Waals surface area contributed by atoms with Crippen molar-refractivity contribution < 1.29 is 9.53 Å². The number of nitrogens with one attached hydrogen (secondary N) is 1. The van der Waals surface area contributed by atoms with Gasteiger partial charge in [0.2, 0.25) is 0 Å². The second kappa shape index (κ2) is 5.72. The van der Waals surface area contributed by atoms with Gasteiger partial charge in [-0.1, -0.05) is 12.2 Å². The van der Waals surface area contributed by atoms with E-state index in [-0.39, 0.29) is 4.99 Å². The average molecular weight is 268 g/mol. The minimum Gasteiger partial charge on any atom is -0.467 e. The molecule has 98 valence electrons. The highest BCUT2D eigenvalue weighted by Crippen LogP contribution is 2.19. The van der Waals surface area contributed by atoms with Crippen molar-refractivity contribution in [3.05, 3.63) is 16.8 Å². The van der Waals surface area contributed by atoms with Crippen LogP contribution in [0, 0.1) is 13.8 Å². The fourth-order valence-corrected chi connectivity index (χ4v) is 1.70. The fraction of sp³-hybridized carbons (Fsp3) is 0.455. The molecular formula is C11H16N4O2S. The monoisotopic (exact) mass is 268 g/mol. The van der Waals surface area contributed by atoms with E-state index in [2.05, 4.69) is 20.3 Å². The number of aryl methyl sites for hydroxylation is 1. The maximum atomic E-state index is 11.4. The third kappa shape index (κ3) is 2.92. The summed E-state index contributed by atoms with van der Waals surface area (Å²) in [6.07, 6.45) is 0. The van der Waals surface area contributed by atoms with Gasteiger partial charge in [0, 0.05) is 0 Å². The van der Waals surface area contributed by atoms with Gasteiger partial charge in [-0.15, -0.1) is 5.10 Å². The summed E-state index contributed by atoms with van der Waals surface area (Å²) >= 11 is 5.00. The Balaban J connectivity index is 3.13. The molecule has 3 N–H and O–H groups in total. The number of nitrogens with two attached hydrogens (primary N) is 1. The normalized spacial score (nSPS) is 11.8. The second-order valence-corrected chi connectivity index (χ2v) is 4.33. The number of ether oxygens (including phenoxy) is 1. The Morgan fingerprint density at radius 3 is 2.56 bits per heavy atom. The molecular weight excluding hydrogens is 252 g/mol. The molecule has 0 aliphatic carbocycles. The van der Waals surface area contributed by atoms with Gasteiger partial charge in [0.25, 0.3) is 0 Å². The molecule has 0 spiro atoms. The summed E-state index contributed by atoms with van der Waals surface area (Å²) in [5, 5.41) is 10.9. The molecule has 0 aliphatic rings. The van der Waals surface area contributed by atoms with Crippen LogP contribution in [0.4, 0.5) is 5.82 Å². The van der Waals surface area contributed by atoms with Crippen molar-refractivity contribution in [3.63, 3.8) is 0 Å². The fourth-order valence-electron chi connectivity index (χ4n) is 1.45. The molecule has 0 saturated carbocycles. The molecule has 1 unspecified atom stereocenters. The molecule has 0 aromatic carbocycles. The number of aromatic nitrogens is 2. The first-order valence-electron chi connectivity index (χ1n) is 5.36. The number of carbonyl (C=O) groups excluding carboxylic acids is 1. The Morgan fingerprint density at radius 1 is 1.44 bits per heavy atom. The lowest BCUT2D eigenvalue weighted by molar-refractivity contribution is -0.141. The van der Waals surface area contributed by atoms with Crippen LogP contribution in [-0.2, 0) is 9.53 Å². The number of hydrogen-bond acceptors (Lipinski definition) is 6. The standard InChI is InChI=1S/C11H16N4O2S/c1-5-6(2)14-15-10(8(5)9(12)18)13-7(3)11(16)17-4/h7H,1-4H3,(H2,12,18)(H,13,15). The molecule has 1 aromatic rings. The topological polar surface area (TPSA) is 90.1 Å². The average Bonchev–Trinajstić information content (AvgIpc) is 2.32. The highest BCUT2D eigenvalue weighted by molar-refractivity contribution is 7.80. The number of anilines is 1. The van der Waals surface area contributed by atoms with Crippen LogP contribution >= 0.6 is 12.2 Å². The van der Waals surface area contributed by atoms with Crippen molar-refractivity contribution in [2.75, 3.05) is 12.4 Å². The first-order valence-corrected chi connectivity index (χ1v) is 5.77. The van der Waals surface area contributed by atoms with Gasteiger partial charge in [-0.25, -0.2) is 4.79 Å². The van der Waals surface area contributed by atoms with Crippen molar-refractivity contribution in [1.82, 2.24) is 10.2 Å². The minimum atomic E-state index is -0.556. The summed E-state index contributed by atoms with van der Waals surface area (Å²) < 4.78 is 4.62. The predicted octanol–water partition coefficient (Wildman–Crippen LogP) is 0.701. The quantitative estimate of drug-likeness (QED) is 0.613. The summed E-state index contributed by atoms with van der Waals surface area (Å²) in [6.45, 7) is 5.33. The number of carbonyl (C=O) groups is 1. The zero-order valence-corrected chi connectivity index (χ0v) is 11.6. The number of nitrogens with zero attached hydrogens (tertiary/aromatic N) is 2. The third-order valence-corrected chi connectivity index (χ3v) is 2.81. The highest BCUT2D eigenvalue weighted by Gasteiger charge is 2.19. The summed E-state index contributed by atoms with van der Waals surface area (Å²) in [4.78, 5) is 11.6. The first kappa shape index (κ1) is 14.3. The van der Waals surface area contributed by atoms with E-state index in [1.165, 1.54) is 7.11 Å². The van der Waals surface area contributed by atoms with E-state index in [1.54, 1.807) is 6.92 Å². The molecule has 1 atom stereocenters. The van der Waals surface area contributed by atoms with E-state index < -0.39 is 12.0 Å². The van der Waals surface area contributed by atoms with E-state index >= 15 is 0 Å². The van der Waals surface area contributed by atoms with Gasteiger partial charge in [-0.05, 0) is 26.3 Å². The van der Waals surface area contributed by atoms with Gasteiger partial charge in [0.15, 0.2) is 5.82 Å². The van der Waals surface area contributed by atoms with E-state index in [1.807, 2.05) is 13.8 Å². The van der Waals surface area contributed by atoms with Gasteiger partial charge >= 0.3 is 5.97 Å². The zero-order chi connectivity index (χ0) is 13.9. The molecule has 0 saturated heterocycles. The van der Waals surface area contributed by atoms with Crippen LogP contribution in [0.25, 0.3) is 0 Å². The molecule has 18 heavy (non-hydrogen) atoms. The maximum absolute atomic E-state index is 11.4. The van der Waals surface area contributed by atoms with Gasteiger partial charge in [0.1, 0.15) is 11.0 Å². The van der Waals surface area contributed by atoms with Crippen LogP contribution < -0.4 is 11.1 Å². The first-order chi connectivity index (χ1) is 8.38. The van der Waals surface area contributed by atoms with E-state index in [4.69, 9.17) is 18.0 Å². The van der Waals surface area contributed by atoms with Crippen LogP contribution in [-0.4, -0.2) is 34.3 Å². The Morgan fingerprint density at radius 2 is 2.06 bits per heavy atom. The smallest absolute Gasteiger partial charge is 0.328 e. The van der Waals surface area contributed by atoms with Crippen LogP contribution in [0.3, 0.4) is 0 Å². The van der Waals surface area contributed by atoms with Gasteiger partial charge < -0.3 is 15.8 Å². The third-order valence-electron chi connectivity index (χ3n) is 2.61. The molecule has 0 radical (unpaired) electrons. The van der Waals surface area contributed by atoms with Gasteiger partial charge in [0.05, 0.1) is 18.4 Å². The maximum Gasteiger partial charge on any atom is 0.328 e. The van der Waals surface area contributed by atoms with E-state index in [0.29, 0.717) is 11.4 Å². The predicted molar refractivity (Wildman–Crippen MR) is 72.5 cm³/mol. The van der Waals surface area contributed by atoms with E-state index in [9.17, 15) is 4.79 Å². The molecule has 1 aromatic heterocycles. The number of esters is 1. The minimum absolute atomic E-state index is 0.213. The number of rotatable bonds is 4. The van der Waals surface area contributed by atoms with Crippen LogP contribution in [0.5, 0.6) is 0 Å². The van der Waals surface area contributed by atoms with Gasteiger partial charge in [-0.2, -0.15) is 5.10 Å². The van der Waals surface area contributed by atoms with Crippen molar-refractivity contribution in [3.8, 4) is 0 Å².